The molecule has 16 heavy (non-hydrogen) atoms. The van der Waals surface area contributed by atoms with Crippen molar-refractivity contribution in [1.29, 1.82) is 0 Å². The summed E-state index contributed by atoms with van der Waals surface area (Å²) in [4.78, 5) is 11.5. The Morgan fingerprint density at radius 2 is 2.44 bits per heavy atom. The van der Waals surface area contributed by atoms with Gasteiger partial charge in [0.25, 0.3) is 0 Å². The van der Waals surface area contributed by atoms with Crippen LogP contribution in [0.2, 0.25) is 0 Å². The molecule has 1 saturated carbocycles. The van der Waals surface area contributed by atoms with Crippen molar-refractivity contribution >= 4 is 5.91 Å². The van der Waals surface area contributed by atoms with Crippen molar-refractivity contribution in [2.24, 2.45) is 5.73 Å². The number of amides is 1. The zero-order valence-corrected chi connectivity index (χ0v) is 9.65. The van der Waals surface area contributed by atoms with Gasteiger partial charge in [-0.1, -0.05) is 0 Å². The van der Waals surface area contributed by atoms with Crippen molar-refractivity contribution in [1.82, 2.24) is 9.88 Å². The van der Waals surface area contributed by atoms with Gasteiger partial charge in [-0.25, -0.2) is 0 Å². The van der Waals surface area contributed by atoms with Crippen LogP contribution in [0.5, 0.6) is 0 Å². The predicted molar refractivity (Wildman–Crippen MR) is 62.8 cm³/mol. The first-order valence-electron chi connectivity index (χ1n) is 5.86. The first kappa shape index (κ1) is 11.2. The van der Waals surface area contributed by atoms with Crippen molar-refractivity contribution in [3.63, 3.8) is 0 Å². The fourth-order valence-corrected chi connectivity index (χ4v) is 1.63. The van der Waals surface area contributed by atoms with E-state index >= 15 is 0 Å². The number of hydrogen-bond acceptors (Lipinski definition) is 2. The fraction of sp³-hybridized carbons (Fsp3) is 0.583. The second kappa shape index (κ2) is 4.70. The zero-order chi connectivity index (χ0) is 11.5. The van der Waals surface area contributed by atoms with E-state index in [1.54, 1.807) is 0 Å². The van der Waals surface area contributed by atoms with Crippen molar-refractivity contribution < 1.29 is 4.79 Å². The van der Waals surface area contributed by atoms with Crippen LogP contribution in [0.15, 0.2) is 18.5 Å². The summed E-state index contributed by atoms with van der Waals surface area (Å²) in [5.74, 6) is 0.151. The van der Waals surface area contributed by atoms with Gasteiger partial charge in [0.05, 0.1) is 0 Å². The van der Waals surface area contributed by atoms with E-state index in [0.29, 0.717) is 12.5 Å². The number of hydrogen-bond donors (Lipinski definition) is 2. The van der Waals surface area contributed by atoms with Gasteiger partial charge in [0.1, 0.15) is 0 Å². The summed E-state index contributed by atoms with van der Waals surface area (Å²) in [5, 5.41) is 2.98. The molecule has 4 nitrogen and oxygen atoms in total. The van der Waals surface area contributed by atoms with Crippen LogP contribution in [0.1, 0.15) is 37.8 Å². The molecule has 0 saturated heterocycles. The van der Waals surface area contributed by atoms with E-state index in [0.717, 1.165) is 24.9 Å². The molecule has 0 bridgehead atoms. The normalized spacial score (nSPS) is 17.1. The average molecular weight is 221 g/mol. The Labute approximate surface area is 95.8 Å². The Hall–Kier alpha value is -1.29. The molecule has 1 aliphatic rings. The number of carbonyl (C=O) groups excluding carboxylic acids is 1. The first-order chi connectivity index (χ1) is 7.65. The zero-order valence-electron chi connectivity index (χ0n) is 9.65. The first-order valence-corrected chi connectivity index (χ1v) is 5.86. The van der Waals surface area contributed by atoms with Gasteiger partial charge in [0.2, 0.25) is 5.91 Å². The topological polar surface area (TPSA) is 60.0 Å². The molecular weight excluding hydrogens is 202 g/mol. The number of nitrogens with two attached hydrogens (primary N) is 1. The van der Waals surface area contributed by atoms with Crippen LogP contribution in [0.25, 0.3) is 0 Å². The van der Waals surface area contributed by atoms with Gasteiger partial charge in [0, 0.05) is 37.4 Å². The molecule has 3 N–H and O–H groups in total. The lowest BCUT2D eigenvalue weighted by atomic mass is 10.2. The lowest BCUT2D eigenvalue weighted by Crippen LogP contribution is -2.26. The molecule has 1 unspecified atom stereocenters. The molecule has 1 atom stereocenters. The summed E-state index contributed by atoms with van der Waals surface area (Å²) in [6.45, 7) is 2.69. The molecule has 0 aliphatic heterocycles. The van der Waals surface area contributed by atoms with E-state index in [1.165, 1.54) is 0 Å². The number of aromatic nitrogens is 1. The van der Waals surface area contributed by atoms with Crippen LogP contribution in [-0.4, -0.2) is 16.5 Å². The molecule has 1 aliphatic carbocycles. The molecule has 0 spiro atoms. The van der Waals surface area contributed by atoms with Gasteiger partial charge >= 0.3 is 0 Å². The molecule has 2 rings (SSSR count). The Balaban J connectivity index is 1.77. The van der Waals surface area contributed by atoms with Gasteiger partial charge in [-0.15, -0.1) is 0 Å². The number of aryl methyl sites for hydroxylation is 1. The van der Waals surface area contributed by atoms with Crippen LogP contribution < -0.4 is 11.1 Å². The summed E-state index contributed by atoms with van der Waals surface area (Å²) in [7, 11) is 0. The minimum absolute atomic E-state index is 0.0570. The van der Waals surface area contributed by atoms with Crippen molar-refractivity contribution in [2.45, 2.75) is 44.8 Å². The number of carbonyl (C=O) groups is 1. The summed E-state index contributed by atoms with van der Waals surface area (Å²) in [6.07, 6.45) is 6.82. The lowest BCUT2D eigenvalue weighted by molar-refractivity contribution is -0.121. The largest absolute Gasteiger partial charge is 0.353 e. The maximum atomic E-state index is 11.5. The van der Waals surface area contributed by atoms with Gasteiger partial charge < -0.3 is 15.6 Å². The fourth-order valence-electron chi connectivity index (χ4n) is 1.63. The smallest absolute Gasteiger partial charge is 0.222 e. The molecule has 1 amide bonds. The minimum atomic E-state index is 0.0570. The molecule has 4 heteroatoms. The third kappa shape index (κ3) is 3.10. The van der Waals surface area contributed by atoms with E-state index in [9.17, 15) is 4.79 Å². The Bertz CT molecular complexity index is 366. The van der Waals surface area contributed by atoms with Crippen LogP contribution in [0, 0.1) is 0 Å². The van der Waals surface area contributed by atoms with Crippen LogP contribution in [0.3, 0.4) is 0 Å². The molecule has 0 aromatic carbocycles. The highest BCUT2D eigenvalue weighted by molar-refractivity contribution is 5.76. The van der Waals surface area contributed by atoms with Crippen LogP contribution >= 0.6 is 0 Å². The van der Waals surface area contributed by atoms with Crippen molar-refractivity contribution in [3.05, 3.63) is 24.0 Å². The van der Waals surface area contributed by atoms with Gasteiger partial charge in [-0.3, -0.25) is 4.79 Å². The molecule has 1 heterocycles. The highest BCUT2D eigenvalue weighted by Gasteiger charge is 2.22. The molecule has 88 valence electrons. The van der Waals surface area contributed by atoms with Crippen molar-refractivity contribution in [2.75, 3.05) is 0 Å². The summed E-state index contributed by atoms with van der Waals surface area (Å²) >= 11 is 0. The van der Waals surface area contributed by atoms with Crippen LogP contribution in [0.4, 0.5) is 0 Å². The van der Waals surface area contributed by atoms with Gasteiger partial charge in [0.15, 0.2) is 0 Å². The average Bonchev–Trinajstić information content (AvgIpc) is 2.91. The Kier molecular flexibility index (Phi) is 3.29. The number of rotatable bonds is 5. The van der Waals surface area contributed by atoms with Crippen molar-refractivity contribution in [3.8, 4) is 0 Å². The van der Waals surface area contributed by atoms with Gasteiger partial charge in [-0.05, 0) is 31.4 Å². The Morgan fingerprint density at radius 1 is 1.69 bits per heavy atom. The minimum Gasteiger partial charge on any atom is -0.353 e. The molecule has 0 radical (unpaired) electrons. The third-order valence-electron chi connectivity index (χ3n) is 2.84. The highest BCUT2D eigenvalue weighted by atomic mass is 16.1. The van der Waals surface area contributed by atoms with E-state index in [1.807, 2.05) is 30.0 Å². The quantitative estimate of drug-likeness (QED) is 0.784. The Morgan fingerprint density at radius 3 is 3.00 bits per heavy atom. The monoisotopic (exact) mass is 221 g/mol. The summed E-state index contributed by atoms with van der Waals surface area (Å²) < 4.78 is 2.02. The molecular formula is C12H19N3O. The van der Waals surface area contributed by atoms with E-state index < -0.39 is 0 Å². The molecule has 1 aromatic heterocycles. The second-order valence-corrected chi connectivity index (χ2v) is 4.56. The van der Waals surface area contributed by atoms with E-state index in [2.05, 4.69) is 5.32 Å². The van der Waals surface area contributed by atoms with Gasteiger partial charge in [-0.2, -0.15) is 0 Å². The highest BCUT2D eigenvalue weighted by Crippen LogP contribution is 2.18. The van der Waals surface area contributed by atoms with Crippen LogP contribution in [-0.2, 0) is 11.3 Å². The molecule has 1 fully saturated rings. The number of nitrogens with zero attached hydrogens (tertiary/aromatic N) is 1. The third-order valence-corrected chi connectivity index (χ3v) is 2.84. The number of nitrogens with one attached hydrogen (secondary N) is 1. The van der Waals surface area contributed by atoms with E-state index in [-0.39, 0.29) is 11.9 Å². The SMILES string of the molecule is CC(N)c1ccn(CCC(=O)NC2CC2)c1. The van der Waals surface area contributed by atoms with E-state index in [4.69, 9.17) is 5.73 Å². The summed E-state index contributed by atoms with van der Waals surface area (Å²) in [6, 6.07) is 2.52. The summed E-state index contributed by atoms with van der Waals surface area (Å²) in [5.41, 5.74) is 6.88. The maximum Gasteiger partial charge on any atom is 0.222 e. The lowest BCUT2D eigenvalue weighted by Gasteiger charge is -2.04. The molecule has 1 aromatic rings. The standard InChI is InChI=1S/C12H19N3O/c1-9(13)10-4-6-15(8-10)7-5-12(16)14-11-2-3-11/h4,6,8-9,11H,2-3,5,7,13H2,1H3,(H,14,16). The predicted octanol–water partition coefficient (Wildman–Crippen LogP) is 1.18. The second-order valence-electron chi connectivity index (χ2n) is 4.56. The maximum absolute atomic E-state index is 11.5.